The van der Waals surface area contributed by atoms with Crippen LogP contribution in [0.15, 0.2) is 47.3 Å². The summed E-state index contributed by atoms with van der Waals surface area (Å²) in [5, 5.41) is 7.39. The summed E-state index contributed by atoms with van der Waals surface area (Å²) >= 11 is 0. The number of hydrogen-bond acceptors (Lipinski definition) is 5. The molecule has 8 heteroatoms. The smallest absolute Gasteiger partial charge is 0.368 e. The molecule has 1 heterocycles. The number of para-hydroxylation sites is 2. The molecule has 0 spiro atoms. The van der Waals surface area contributed by atoms with Crippen molar-refractivity contribution in [1.29, 1.82) is 0 Å². The quantitative estimate of drug-likeness (QED) is 0.712. The van der Waals surface area contributed by atoms with Crippen LogP contribution >= 0.6 is 0 Å². The van der Waals surface area contributed by atoms with Crippen LogP contribution in [0.2, 0.25) is 0 Å². The van der Waals surface area contributed by atoms with Gasteiger partial charge in [0.1, 0.15) is 12.4 Å². The lowest BCUT2D eigenvalue weighted by Crippen LogP contribution is -2.23. The second-order valence-corrected chi connectivity index (χ2v) is 4.97. The first kappa shape index (κ1) is 15.7. The number of rotatable bonds is 5. The molecule has 24 heavy (non-hydrogen) atoms. The van der Waals surface area contributed by atoms with Gasteiger partial charge in [-0.05, 0) is 34.7 Å². The zero-order chi connectivity index (χ0) is 17.1. The predicted molar refractivity (Wildman–Crippen MR) is 83.9 cm³/mol. The van der Waals surface area contributed by atoms with Gasteiger partial charge in [-0.2, -0.15) is 9.36 Å². The van der Waals surface area contributed by atoms with E-state index in [1.165, 1.54) is 26.3 Å². The molecule has 3 rings (SSSR count). The number of nitrogens with zero attached hydrogens (tertiary/aromatic N) is 4. The lowest BCUT2D eigenvalue weighted by Gasteiger charge is -2.13. The number of aryl methyl sites for hydroxylation is 1. The zero-order valence-corrected chi connectivity index (χ0v) is 13.1. The van der Waals surface area contributed by atoms with E-state index in [-0.39, 0.29) is 17.9 Å². The number of hydrogen-bond donors (Lipinski definition) is 0. The van der Waals surface area contributed by atoms with E-state index in [9.17, 15) is 9.18 Å². The van der Waals surface area contributed by atoms with Gasteiger partial charge >= 0.3 is 5.69 Å². The Labute approximate surface area is 136 Å². The number of aromatic nitrogens is 4. The Bertz CT molecular complexity index is 920. The Morgan fingerprint density at radius 2 is 1.83 bits per heavy atom. The minimum absolute atomic E-state index is 0.0919. The molecule has 0 radical (unpaired) electrons. The third-order valence-electron chi connectivity index (χ3n) is 3.49. The fraction of sp³-hybridized carbons (Fsp3) is 0.188. The van der Waals surface area contributed by atoms with Crippen molar-refractivity contribution < 1.29 is 13.9 Å². The van der Waals surface area contributed by atoms with Gasteiger partial charge in [-0.25, -0.2) is 9.18 Å². The number of halogens is 1. The highest BCUT2D eigenvalue weighted by Crippen LogP contribution is 2.27. The molecule has 7 nitrogen and oxygen atoms in total. The molecular formula is C16H15FN4O3. The van der Waals surface area contributed by atoms with E-state index < -0.39 is 11.5 Å². The van der Waals surface area contributed by atoms with Crippen LogP contribution < -0.4 is 15.2 Å². The van der Waals surface area contributed by atoms with Gasteiger partial charge in [-0.1, -0.05) is 18.2 Å². The highest BCUT2D eigenvalue weighted by atomic mass is 19.1. The maximum absolute atomic E-state index is 14.3. The number of tetrazole rings is 1. The molecule has 0 bridgehead atoms. The monoisotopic (exact) mass is 330 g/mol. The van der Waals surface area contributed by atoms with Crippen molar-refractivity contribution in [3.8, 4) is 17.2 Å². The number of benzene rings is 2. The number of ether oxygens (including phenoxy) is 2. The summed E-state index contributed by atoms with van der Waals surface area (Å²) in [5.41, 5.74) is 0.00754. The molecule has 0 aliphatic heterocycles. The Kier molecular flexibility index (Phi) is 4.28. The van der Waals surface area contributed by atoms with Crippen molar-refractivity contribution in [2.75, 3.05) is 7.11 Å². The largest absolute Gasteiger partial charge is 0.493 e. The zero-order valence-electron chi connectivity index (χ0n) is 13.1. The van der Waals surface area contributed by atoms with Crippen molar-refractivity contribution in [2.45, 2.75) is 6.61 Å². The van der Waals surface area contributed by atoms with Gasteiger partial charge < -0.3 is 9.47 Å². The minimum atomic E-state index is -0.500. The summed E-state index contributed by atoms with van der Waals surface area (Å²) in [5.74, 6) is 0.507. The van der Waals surface area contributed by atoms with Gasteiger partial charge in [0.05, 0.1) is 18.4 Å². The van der Waals surface area contributed by atoms with E-state index in [4.69, 9.17) is 9.47 Å². The molecule has 0 amide bonds. The van der Waals surface area contributed by atoms with Crippen molar-refractivity contribution in [2.24, 2.45) is 7.05 Å². The molecule has 0 atom stereocenters. The predicted octanol–water partition coefficient (Wildman–Crippen LogP) is 1.69. The average molecular weight is 330 g/mol. The van der Waals surface area contributed by atoms with E-state index in [1.807, 2.05) is 0 Å². The summed E-state index contributed by atoms with van der Waals surface area (Å²) in [6.07, 6.45) is 0. The molecule has 0 saturated carbocycles. The summed E-state index contributed by atoms with van der Waals surface area (Å²) in [4.78, 5) is 12.0. The number of methoxy groups -OCH3 is 1. The van der Waals surface area contributed by atoms with Crippen molar-refractivity contribution >= 4 is 0 Å². The second-order valence-electron chi connectivity index (χ2n) is 4.97. The molecule has 0 aliphatic rings. The summed E-state index contributed by atoms with van der Waals surface area (Å²) in [6.45, 7) is -0.0919. The minimum Gasteiger partial charge on any atom is -0.493 e. The van der Waals surface area contributed by atoms with Gasteiger partial charge in [-0.15, -0.1) is 0 Å². The Balaban J connectivity index is 1.96. The van der Waals surface area contributed by atoms with E-state index >= 15 is 0 Å². The van der Waals surface area contributed by atoms with Crippen molar-refractivity contribution in [1.82, 2.24) is 19.8 Å². The van der Waals surface area contributed by atoms with E-state index in [2.05, 4.69) is 10.4 Å². The third-order valence-corrected chi connectivity index (χ3v) is 3.49. The molecule has 0 unspecified atom stereocenters. The maximum Gasteiger partial charge on any atom is 0.368 e. The van der Waals surface area contributed by atoms with Crippen molar-refractivity contribution in [3.05, 3.63) is 64.3 Å². The maximum atomic E-state index is 14.3. The Hall–Kier alpha value is -3.16. The summed E-state index contributed by atoms with van der Waals surface area (Å²) in [6, 6.07) is 11.4. The summed E-state index contributed by atoms with van der Waals surface area (Å²) in [7, 11) is 2.99. The molecule has 2 aromatic carbocycles. The molecule has 0 aliphatic carbocycles. The lowest BCUT2D eigenvalue weighted by atomic mass is 10.1. The van der Waals surface area contributed by atoms with Crippen LogP contribution in [-0.4, -0.2) is 26.9 Å². The van der Waals surface area contributed by atoms with Crippen LogP contribution in [-0.2, 0) is 13.7 Å². The first-order chi connectivity index (χ1) is 11.6. The fourth-order valence-electron chi connectivity index (χ4n) is 2.24. The Morgan fingerprint density at radius 3 is 2.50 bits per heavy atom. The molecule has 1 aromatic heterocycles. The molecule has 0 fully saturated rings. The van der Waals surface area contributed by atoms with Gasteiger partial charge in [0, 0.05) is 7.05 Å². The van der Waals surface area contributed by atoms with E-state index in [0.717, 1.165) is 9.36 Å². The highest BCUT2D eigenvalue weighted by molar-refractivity contribution is 5.42. The lowest BCUT2D eigenvalue weighted by molar-refractivity contribution is 0.279. The Morgan fingerprint density at radius 1 is 1.08 bits per heavy atom. The normalized spacial score (nSPS) is 10.6. The van der Waals surface area contributed by atoms with E-state index in [1.54, 1.807) is 30.3 Å². The van der Waals surface area contributed by atoms with E-state index in [0.29, 0.717) is 11.5 Å². The van der Waals surface area contributed by atoms with Crippen LogP contribution in [0.1, 0.15) is 5.56 Å². The molecule has 0 saturated heterocycles. The van der Waals surface area contributed by atoms with Crippen LogP contribution in [0.25, 0.3) is 5.69 Å². The molecule has 0 N–H and O–H groups in total. The van der Waals surface area contributed by atoms with Crippen LogP contribution in [0.3, 0.4) is 0 Å². The SMILES string of the molecule is COc1ccccc1OCc1c(F)cccc1-n1nnn(C)c1=O. The fourth-order valence-corrected chi connectivity index (χ4v) is 2.24. The first-order valence-corrected chi connectivity index (χ1v) is 7.14. The van der Waals surface area contributed by atoms with Gasteiger partial charge in [0.25, 0.3) is 0 Å². The van der Waals surface area contributed by atoms with Crippen LogP contribution in [0, 0.1) is 5.82 Å². The van der Waals surface area contributed by atoms with Crippen LogP contribution in [0.4, 0.5) is 4.39 Å². The second kappa shape index (κ2) is 6.53. The molecule has 3 aromatic rings. The summed E-state index contributed by atoms with van der Waals surface area (Å²) < 4.78 is 27.2. The topological polar surface area (TPSA) is 71.2 Å². The standard InChI is InChI=1S/C16H15FN4O3/c1-20-16(22)21(19-18-20)13-7-5-6-12(17)11(13)10-24-15-9-4-3-8-14(15)23-2/h3-9H,10H2,1-2H3. The molecular weight excluding hydrogens is 315 g/mol. The highest BCUT2D eigenvalue weighted by Gasteiger charge is 2.16. The van der Waals surface area contributed by atoms with Crippen molar-refractivity contribution in [3.63, 3.8) is 0 Å². The average Bonchev–Trinajstić information content (AvgIpc) is 2.93. The van der Waals surface area contributed by atoms with Gasteiger partial charge in [-0.3, -0.25) is 0 Å². The van der Waals surface area contributed by atoms with Gasteiger partial charge in [0.15, 0.2) is 11.5 Å². The van der Waals surface area contributed by atoms with Crippen LogP contribution in [0.5, 0.6) is 11.5 Å². The first-order valence-electron chi connectivity index (χ1n) is 7.14. The molecule has 124 valence electrons. The third kappa shape index (κ3) is 2.85. The van der Waals surface area contributed by atoms with Gasteiger partial charge in [0.2, 0.25) is 0 Å².